The van der Waals surface area contributed by atoms with Crippen molar-refractivity contribution in [2.75, 3.05) is 27.1 Å². The van der Waals surface area contributed by atoms with E-state index in [9.17, 15) is 4.79 Å². The van der Waals surface area contributed by atoms with Gasteiger partial charge in [0.15, 0.2) is 0 Å². The van der Waals surface area contributed by atoms with Crippen molar-refractivity contribution < 1.29 is 19.0 Å². The number of β-lactam (4-membered cyclic amide) rings is 1. The van der Waals surface area contributed by atoms with Crippen LogP contribution >= 0.6 is 0 Å². The minimum atomic E-state index is -0.169. The number of carbonyl (C=O) groups excluding carboxylic acids is 1. The van der Waals surface area contributed by atoms with Crippen molar-refractivity contribution in [3.05, 3.63) is 0 Å². The first-order chi connectivity index (χ1) is 8.44. The van der Waals surface area contributed by atoms with Crippen LogP contribution in [0.1, 0.15) is 27.2 Å². The molecule has 18 heavy (non-hydrogen) atoms. The predicted octanol–water partition coefficient (Wildman–Crippen LogP) is 1.02. The number of ether oxygens (including phenoxy) is 3. The second-order valence-electron chi connectivity index (χ2n) is 5.96. The lowest BCUT2D eigenvalue weighted by Gasteiger charge is -2.45. The molecule has 0 radical (unpaired) electrons. The molecule has 0 saturated carbocycles. The summed E-state index contributed by atoms with van der Waals surface area (Å²) in [5.41, 5.74) is -0.169. The summed E-state index contributed by atoms with van der Waals surface area (Å²) in [7, 11) is 1.58. The summed E-state index contributed by atoms with van der Waals surface area (Å²) in [6.07, 6.45) is 1.06. The third kappa shape index (κ3) is 2.68. The van der Waals surface area contributed by atoms with E-state index in [0.29, 0.717) is 6.61 Å². The summed E-state index contributed by atoms with van der Waals surface area (Å²) >= 11 is 0. The van der Waals surface area contributed by atoms with Gasteiger partial charge in [0.25, 0.3) is 0 Å². The molecule has 0 aliphatic carbocycles. The molecule has 1 amide bonds. The van der Waals surface area contributed by atoms with Gasteiger partial charge in [0, 0.05) is 13.7 Å². The van der Waals surface area contributed by atoms with Crippen LogP contribution in [0.3, 0.4) is 0 Å². The third-order valence-corrected chi connectivity index (χ3v) is 3.41. The van der Waals surface area contributed by atoms with E-state index in [0.717, 1.165) is 13.0 Å². The van der Waals surface area contributed by atoms with Crippen molar-refractivity contribution in [1.82, 2.24) is 4.90 Å². The van der Waals surface area contributed by atoms with Gasteiger partial charge in [-0.15, -0.1) is 0 Å². The van der Waals surface area contributed by atoms with Gasteiger partial charge in [0.1, 0.15) is 6.79 Å². The van der Waals surface area contributed by atoms with E-state index < -0.39 is 0 Å². The highest BCUT2D eigenvalue weighted by atomic mass is 16.7. The topological polar surface area (TPSA) is 48.0 Å². The first-order valence-corrected chi connectivity index (χ1v) is 6.49. The molecule has 5 heteroatoms. The maximum Gasteiger partial charge on any atom is 0.230 e. The van der Waals surface area contributed by atoms with Crippen LogP contribution in [-0.2, 0) is 19.0 Å². The summed E-state index contributed by atoms with van der Waals surface area (Å²) < 4.78 is 16.2. The molecular formula is C13H23NO4. The molecule has 2 fully saturated rings. The molecule has 0 aromatic rings. The number of methoxy groups -OCH3 is 1. The van der Waals surface area contributed by atoms with Crippen molar-refractivity contribution in [1.29, 1.82) is 0 Å². The highest BCUT2D eigenvalue weighted by Gasteiger charge is 2.55. The van der Waals surface area contributed by atoms with E-state index in [1.807, 2.05) is 25.7 Å². The summed E-state index contributed by atoms with van der Waals surface area (Å²) in [4.78, 5) is 13.8. The number of rotatable bonds is 5. The summed E-state index contributed by atoms with van der Waals surface area (Å²) in [5, 5.41) is 0. The predicted molar refractivity (Wildman–Crippen MR) is 66.1 cm³/mol. The Kier molecular flexibility index (Phi) is 3.94. The summed E-state index contributed by atoms with van der Waals surface area (Å²) in [6, 6.07) is 0.189. The van der Waals surface area contributed by atoms with Gasteiger partial charge >= 0.3 is 0 Å². The van der Waals surface area contributed by atoms with Crippen LogP contribution in [0, 0.1) is 5.92 Å². The zero-order valence-corrected chi connectivity index (χ0v) is 11.6. The first-order valence-electron chi connectivity index (χ1n) is 6.49. The lowest BCUT2D eigenvalue weighted by atomic mass is 9.87. The van der Waals surface area contributed by atoms with Gasteiger partial charge in [0.05, 0.1) is 30.3 Å². The number of hydrogen-bond acceptors (Lipinski definition) is 4. The van der Waals surface area contributed by atoms with Gasteiger partial charge < -0.3 is 19.1 Å². The van der Waals surface area contributed by atoms with Gasteiger partial charge in [0.2, 0.25) is 5.91 Å². The lowest BCUT2D eigenvalue weighted by molar-refractivity contribution is -0.172. The first kappa shape index (κ1) is 13.8. The van der Waals surface area contributed by atoms with Crippen LogP contribution in [0.15, 0.2) is 0 Å². The van der Waals surface area contributed by atoms with E-state index in [1.165, 1.54) is 0 Å². The van der Waals surface area contributed by atoms with Gasteiger partial charge in [-0.3, -0.25) is 4.79 Å². The summed E-state index contributed by atoms with van der Waals surface area (Å²) in [6.45, 7) is 7.62. The summed E-state index contributed by atoms with van der Waals surface area (Å²) in [5.74, 6) is 0.131. The van der Waals surface area contributed by atoms with Crippen molar-refractivity contribution in [2.24, 2.45) is 5.92 Å². The zero-order valence-electron chi connectivity index (χ0n) is 11.6. The molecule has 5 nitrogen and oxygen atoms in total. The Labute approximate surface area is 108 Å². The Bertz CT molecular complexity index is 313. The van der Waals surface area contributed by atoms with E-state index >= 15 is 0 Å². The number of amides is 1. The molecule has 0 aromatic heterocycles. The number of hydrogen-bond donors (Lipinski definition) is 0. The molecule has 104 valence electrons. The van der Waals surface area contributed by atoms with Gasteiger partial charge in [-0.05, 0) is 27.2 Å². The van der Waals surface area contributed by atoms with E-state index in [4.69, 9.17) is 14.2 Å². The zero-order chi connectivity index (χ0) is 13.3. The van der Waals surface area contributed by atoms with Crippen LogP contribution in [-0.4, -0.2) is 55.6 Å². The molecule has 2 aliphatic rings. The van der Waals surface area contributed by atoms with E-state index in [2.05, 4.69) is 0 Å². The molecule has 3 atom stereocenters. The Morgan fingerprint density at radius 2 is 2.11 bits per heavy atom. The van der Waals surface area contributed by atoms with E-state index in [1.54, 1.807) is 7.11 Å². The highest BCUT2D eigenvalue weighted by Crippen LogP contribution is 2.38. The third-order valence-electron chi connectivity index (χ3n) is 3.41. The van der Waals surface area contributed by atoms with Gasteiger partial charge in [-0.1, -0.05) is 0 Å². The van der Waals surface area contributed by atoms with Crippen molar-refractivity contribution in [3.63, 3.8) is 0 Å². The Morgan fingerprint density at radius 3 is 2.72 bits per heavy atom. The molecule has 2 heterocycles. The molecule has 0 N–H and O–H groups in total. The smallest absolute Gasteiger partial charge is 0.230 e. The highest BCUT2D eigenvalue weighted by molar-refractivity contribution is 5.87. The number of nitrogens with zero attached hydrogens (tertiary/aromatic N) is 1. The standard InChI is InChI=1S/C13H23NO4/c1-13(2,3)18-10-5-6-14-11(10)9(12(14)15)7-17-8-16-4/h9-11H,5-8H2,1-4H3/t9-,10+,11-/m1/s1. The molecular weight excluding hydrogens is 234 g/mol. The van der Waals surface area contributed by atoms with Gasteiger partial charge in [-0.25, -0.2) is 0 Å². The second-order valence-corrected chi connectivity index (χ2v) is 5.96. The maximum atomic E-state index is 11.9. The Morgan fingerprint density at radius 1 is 1.39 bits per heavy atom. The molecule has 0 spiro atoms. The molecule has 0 unspecified atom stereocenters. The van der Waals surface area contributed by atoms with Crippen molar-refractivity contribution in [3.8, 4) is 0 Å². The SMILES string of the molecule is COCOC[C@H]1C(=O)N2CC[C@H](OC(C)(C)C)[C@@H]12. The van der Waals surface area contributed by atoms with Gasteiger partial charge in [-0.2, -0.15) is 0 Å². The minimum Gasteiger partial charge on any atom is -0.370 e. The fourth-order valence-electron chi connectivity index (χ4n) is 2.81. The largest absolute Gasteiger partial charge is 0.370 e. The fourth-order valence-corrected chi connectivity index (χ4v) is 2.81. The molecule has 0 bridgehead atoms. The van der Waals surface area contributed by atoms with Crippen molar-refractivity contribution in [2.45, 2.75) is 44.9 Å². The van der Waals surface area contributed by atoms with E-state index in [-0.39, 0.29) is 36.4 Å². The molecule has 2 saturated heterocycles. The normalized spacial score (nSPS) is 31.4. The maximum absolute atomic E-state index is 11.9. The van der Waals surface area contributed by atoms with Crippen LogP contribution in [0.25, 0.3) is 0 Å². The second kappa shape index (κ2) is 5.15. The van der Waals surface area contributed by atoms with Crippen LogP contribution in [0.5, 0.6) is 0 Å². The number of carbonyl (C=O) groups is 1. The average Bonchev–Trinajstić information content (AvgIpc) is 2.61. The molecule has 0 aromatic carbocycles. The molecule has 2 rings (SSSR count). The Hall–Kier alpha value is -0.650. The minimum absolute atomic E-state index is 0.0602. The Balaban J connectivity index is 1.91. The fraction of sp³-hybridized carbons (Fsp3) is 0.923. The number of fused-ring (bicyclic) bond motifs is 1. The monoisotopic (exact) mass is 257 g/mol. The quantitative estimate of drug-likeness (QED) is 0.419. The lowest BCUT2D eigenvalue weighted by Crippen LogP contribution is -2.63. The molecule has 2 aliphatic heterocycles. The van der Waals surface area contributed by atoms with Crippen molar-refractivity contribution >= 4 is 5.91 Å². The van der Waals surface area contributed by atoms with Crippen LogP contribution in [0.4, 0.5) is 0 Å². The van der Waals surface area contributed by atoms with Crippen LogP contribution in [0.2, 0.25) is 0 Å². The average molecular weight is 257 g/mol. The van der Waals surface area contributed by atoms with Crippen LogP contribution < -0.4 is 0 Å².